The molecule has 2 aliphatic rings. The van der Waals surface area contributed by atoms with Crippen molar-refractivity contribution in [1.29, 1.82) is 0 Å². The summed E-state index contributed by atoms with van der Waals surface area (Å²) < 4.78 is 44.3. The third-order valence-electron chi connectivity index (χ3n) is 4.59. The van der Waals surface area contributed by atoms with Crippen molar-refractivity contribution in [2.75, 3.05) is 26.4 Å². The fourth-order valence-electron chi connectivity index (χ4n) is 3.30. The number of ether oxygens (including phenoxy) is 3. The summed E-state index contributed by atoms with van der Waals surface area (Å²) in [5, 5.41) is 3.39. The molecule has 2 aliphatic heterocycles. The molecule has 0 spiro atoms. The van der Waals surface area contributed by atoms with Gasteiger partial charge in [0.2, 0.25) is 6.75 Å². The van der Waals surface area contributed by atoms with Crippen molar-refractivity contribution >= 4 is 0 Å². The van der Waals surface area contributed by atoms with Crippen LogP contribution in [0.2, 0.25) is 0 Å². The summed E-state index contributed by atoms with van der Waals surface area (Å²) >= 11 is 0. The van der Waals surface area contributed by atoms with Crippen LogP contribution in [0.3, 0.4) is 0 Å². The molecule has 2 atom stereocenters. The minimum atomic E-state index is -2.14. The largest absolute Gasteiger partial charge is 0.493 e. The van der Waals surface area contributed by atoms with Crippen LogP contribution in [0.1, 0.15) is 20.6 Å². The fraction of sp³-hybridized carbons (Fsp3) is 0.368. The van der Waals surface area contributed by atoms with Gasteiger partial charge in [-0.25, -0.2) is 4.39 Å². The molecule has 0 saturated carbocycles. The first-order chi connectivity index (χ1) is 12.5. The van der Waals surface area contributed by atoms with E-state index in [-0.39, 0.29) is 11.7 Å². The van der Waals surface area contributed by atoms with E-state index in [0.717, 1.165) is 25.1 Å². The highest BCUT2D eigenvalue weighted by molar-refractivity contribution is 5.46. The van der Waals surface area contributed by atoms with Crippen LogP contribution in [0, 0.1) is 11.7 Å². The van der Waals surface area contributed by atoms with Crippen LogP contribution in [-0.4, -0.2) is 26.4 Å². The number of nitrogens with one attached hydrogen (secondary N) is 1. The number of rotatable bonds is 4. The summed E-state index contributed by atoms with van der Waals surface area (Å²) in [5.74, 6) is 1.64. The van der Waals surface area contributed by atoms with Crippen LogP contribution in [0.5, 0.6) is 17.2 Å². The van der Waals surface area contributed by atoms with Gasteiger partial charge in [0.25, 0.3) is 0 Å². The van der Waals surface area contributed by atoms with E-state index in [1.807, 2.05) is 12.1 Å². The van der Waals surface area contributed by atoms with Gasteiger partial charge in [0.05, 0.1) is 6.61 Å². The molecule has 0 bridgehead atoms. The van der Waals surface area contributed by atoms with Gasteiger partial charge in [-0.05, 0) is 48.7 Å². The van der Waals surface area contributed by atoms with Crippen molar-refractivity contribution in [3.8, 4) is 17.2 Å². The predicted octanol–water partition coefficient (Wildman–Crippen LogP) is 3.33. The smallest absolute Gasteiger partial charge is 0.231 e. The van der Waals surface area contributed by atoms with Gasteiger partial charge >= 0.3 is 0 Å². The summed E-state index contributed by atoms with van der Waals surface area (Å²) in [6.07, 6.45) is 0.973. The molecule has 126 valence electrons. The third kappa shape index (κ3) is 3.17. The minimum Gasteiger partial charge on any atom is -0.493 e. The molecule has 4 rings (SSSR count). The quantitative estimate of drug-likeness (QED) is 0.933. The molecule has 1 N–H and O–H groups in total. The molecule has 5 heteroatoms. The molecule has 2 aromatic carbocycles. The van der Waals surface area contributed by atoms with E-state index in [9.17, 15) is 4.39 Å². The Hall–Kier alpha value is -2.27. The summed E-state index contributed by atoms with van der Waals surface area (Å²) in [6, 6.07) is 11.7. The fourth-order valence-corrected chi connectivity index (χ4v) is 3.30. The Labute approximate surface area is 143 Å². The molecule has 2 aromatic rings. The zero-order valence-electron chi connectivity index (χ0n) is 15.1. The molecule has 0 aliphatic carbocycles. The second kappa shape index (κ2) is 6.69. The Bertz CT molecular complexity index is 785. The summed E-state index contributed by atoms with van der Waals surface area (Å²) in [5.41, 5.74) is 1.13. The monoisotopic (exact) mass is 331 g/mol. The van der Waals surface area contributed by atoms with E-state index < -0.39 is 6.75 Å². The maximum atomic E-state index is 13.2. The van der Waals surface area contributed by atoms with E-state index in [0.29, 0.717) is 29.8 Å². The van der Waals surface area contributed by atoms with Gasteiger partial charge in [-0.3, -0.25) is 0 Å². The predicted molar refractivity (Wildman–Crippen MR) is 88.2 cm³/mol. The lowest BCUT2D eigenvalue weighted by Gasteiger charge is -2.32. The van der Waals surface area contributed by atoms with Crippen LogP contribution >= 0.6 is 0 Å². The van der Waals surface area contributed by atoms with E-state index in [4.69, 9.17) is 17.0 Å². The molecule has 1 fully saturated rings. The molecule has 24 heavy (non-hydrogen) atoms. The Morgan fingerprint density at radius 1 is 1.17 bits per heavy atom. The number of benzene rings is 2. The van der Waals surface area contributed by atoms with Gasteiger partial charge in [0, 0.05) is 18.5 Å². The lowest BCUT2D eigenvalue weighted by molar-refractivity contribution is 0.173. The highest BCUT2D eigenvalue weighted by Crippen LogP contribution is 2.36. The maximum Gasteiger partial charge on any atom is 0.231 e. The van der Waals surface area contributed by atoms with E-state index in [1.165, 1.54) is 12.1 Å². The number of hydrogen-bond donors (Lipinski definition) is 1. The van der Waals surface area contributed by atoms with Crippen molar-refractivity contribution in [2.24, 2.45) is 5.92 Å². The molecular formula is C19H20FNO3. The van der Waals surface area contributed by atoms with Gasteiger partial charge in [0.15, 0.2) is 11.5 Å². The highest BCUT2D eigenvalue weighted by atomic mass is 19.1. The normalized spacial score (nSPS) is 25.7. The molecule has 0 unspecified atom stereocenters. The van der Waals surface area contributed by atoms with Crippen LogP contribution in [0.15, 0.2) is 42.5 Å². The first kappa shape index (κ1) is 13.1. The molecular weight excluding hydrogens is 309 g/mol. The number of hydrogen-bond acceptors (Lipinski definition) is 4. The van der Waals surface area contributed by atoms with Crippen molar-refractivity contribution in [3.63, 3.8) is 0 Å². The summed E-state index contributed by atoms with van der Waals surface area (Å²) in [7, 11) is 0. The van der Waals surface area contributed by atoms with Crippen molar-refractivity contribution in [1.82, 2.24) is 5.32 Å². The molecule has 0 aromatic heterocycles. The molecule has 0 radical (unpaired) electrons. The van der Waals surface area contributed by atoms with Crippen molar-refractivity contribution < 1.29 is 21.3 Å². The number of fused-ring (bicyclic) bond motifs is 1. The maximum absolute atomic E-state index is 13.2. The van der Waals surface area contributed by atoms with E-state index >= 15 is 0 Å². The van der Waals surface area contributed by atoms with Crippen LogP contribution in [-0.2, 0) is 0 Å². The Morgan fingerprint density at radius 3 is 2.88 bits per heavy atom. The van der Waals surface area contributed by atoms with Crippen LogP contribution in [0.4, 0.5) is 4.39 Å². The third-order valence-corrected chi connectivity index (χ3v) is 4.59. The number of piperidine rings is 1. The highest BCUT2D eigenvalue weighted by Gasteiger charge is 2.27. The topological polar surface area (TPSA) is 39.7 Å². The Morgan fingerprint density at radius 2 is 2.00 bits per heavy atom. The van der Waals surface area contributed by atoms with Gasteiger partial charge in [-0.1, -0.05) is 12.1 Å². The lowest BCUT2D eigenvalue weighted by Crippen LogP contribution is -2.38. The van der Waals surface area contributed by atoms with Gasteiger partial charge in [-0.2, -0.15) is 0 Å². The molecule has 4 nitrogen and oxygen atoms in total. The number of halogens is 1. The van der Waals surface area contributed by atoms with Crippen molar-refractivity contribution in [3.05, 3.63) is 53.8 Å². The van der Waals surface area contributed by atoms with Crippen LogP contribution in [0.25, 0.3) is 0 Å². The average Bonchev–Trinajstić information content (AvgIpc) is 2.94. The molecule has 2 heterocycles. The van der Waals surface area contributed by atoms with Crippen molar-refractivity contribution in [2.45, 2.75) is 12.3 Å². The lowest BCUT2D eigenvalue weighted by atomic mass is 9.81. The first-order valence-electron chi connectivity index (χ1n) is 9.11. The Balaban J connectivity index is 1.44. The summed E-state index contributed by atoms with van der Waals surface area (Å²) in [4.78, 5) is 0. The minimum absolute atomic E-state index is 0.226. The second-order valence-electron chi connectivity index (χ2n) is 6.12. The van der Waals surface area contributed by atoms with E-state index in [1.54, 1.807) is 18.2 Å². The van der Waals surface area contributed by atoms with Gasteiger partial charge in [-0.15, -0.1) is 0 Å². The van der Waals surface area contributed by atoms with Crippen LogP contribution < -0.4 is 19.5 Å². The molecule has 1 saturated heterocycles. The average molecular weight is 331 g/mol. The first-order valence-corrected chi connectivity index (χ1v) is 8.11. The summed E-state index contributed by atoms with van der Waals surface area (Å²) in [6.45, 7) is 0.121. The van der Waals surface area contributed by atoms with Gasteiger partial charge in [0.1, 0.15) is 14.3 Å². The van der Waals surface area contributed by atoms with E-state index in [2.05, 4.69) is 5.32 Å². The second-order valence-corrected chi connectivity index (χ2v) is 6.12. The standard InChI is InChI=1S/C19H20FNO3/c20-15-3-1-13(2-4-15)17-7-8-21-10-14(17)11-22-16-5-6-18-19(9-16)24-12-23-18/h1-6,9,14,17,21H,7-8,10-12H2/t14-,17-/m0/s1/i12D2. The SMILES string of the molecule is [2H]C1([2H])Oc2ccc(OC[C@@H]3CNCC[C@H]3c3ccc(F)cc3)cc2O1. The zero-order valence-corrected chi connectivity index (χ0v) is 13.1. The van der Waals surface area contributed by atoms with Gasteiger partial charge < -0.3 is 19.5 Å². The zero-order chi connectivity index (χ0) is 18.1. The Kier molecular flexibility index (Phi) is 3.64. The molecule has 0 amide bonds.